The Morgan fingerprint density at radius 2 is 1.81 bits per heavy atom. The second-order valence-electron chi connectivity index (χ2n) is 9.46. The molecule has 1 aromatic carbocycles. The molecule has 0 unspecified atom stereocenters. The summed E-state index contributed by atoms with van der Waals surface area (Å²) in [7, 11) is 6.78. The summed E-state index contributed by atoms with van der Waals surface area (Å²) < 4.78 is 4.43. The number of anilines is 1. The molecule has 4 aromatic rings. The average molecular weight is 490 g/mol. The van der Waals surface area contributed by atoms with Crippen molar-refractivity contribution in [2.75, 3.05) is 45.2 Å². The monoisotopic (exact) mass is 489 g/mol. The SMILES string of the molecule is CN(C)C(=O)c1c(N2CCCNCC2)n(C)c2c(=O)n(Cc3nccc4ccccc34)c(=O)n(C)c12. The van der Waals surface area contributed by atoms with Gasteiger partial charge in [0.25, 0.3) is 11.5 Å². The number of carbonyl (C=O) groups is 1. The van der Waals surface area contributed by atoms with Crippen LogP contribution in [0.25, 0.3) is 21.8 Å². The van der Waals surface area contributed by atoms with Crippen LogP contribution in [0.2, 0.25) is 0 Å². The summed E-state index contributed by atoms with van der Waals surface area (Å²) in [6.45, 7) is 3.13. The van der Waals surface area contributed by atoms with Gasteiger partial charge in [0.15, 0.2) is 0 Å². The fourth-order valence-corrected chi connectivity index (χ4v) is 5.17. The Bertz CT molecular complexity index is 1580. The molecule has 1 aliphatic heterocycles. The van der Waals surface area contributed by atoms with Crippen LogP contribution in [0.15, 0.2) is 46.1 Å². The minimum absolute atomic E-state index is 0.0356. The standard InChI is InChI=1S/C26H31N7O3/c1-29(2)24(34)20-21-22(30(3)23(20)32-14-7-11-27-13-15-32)25(35)33(26(36)31(21)4)16-19-18-9-6-5-8-17(18)10-12-28-19/h5-6,8-10,12,27H,7,11,13-16H2,1-4H3. The van der Waals surface area contributed by atoms with E-state index in [9.17, 15) is 14.4 Å². The van der Waals surface area contributed by atoms with Crippen molar-refractivity contribution < 1.29 is 4.79 Å². The van der Waals surface area contributed by atoms with Gasteiger partial charge in [0.05, 0.1) is 17.8 Å². The van der Waals surface area contributed by atoms with Crippen molar-refractivity contribution in [1.29, 1.82) is 0 Å². The number of carbonyl (C=O) groups excluding carboxylic acids is 1. The molecule has 36 heavy (non-hydrogen) atoms. The molecule has 4 heterocycles. The Hall–Kier alpha value is -3.92. The smallest absolute Gasteiger partial charge is 0.331 e. The molecule has 5 rings (SSSR count). The number of nitrogens with zero attached hydrogens (tertiary/aromatic N) is 6. The van der Waals surface area contributed by atoms with E-state index in [0.717, 1.165) is 36.8 Å². The van der Waals surface area contributed by atoms with E-state index in [0.29, 0.717) is 34.7 Å². The van der Waals surface area contributed by atoms with Gasteiger partial charge in [-0.15, -0.1) is 0 Å². The number of nitrogens with one attached hydrogen (secondary N) is 1. The Morgan fingerprint density at radius 1 is 1.03 bits per heavy atom. The number of benzene rings is 1. The van der Waals surface area contributed by atoms with Gasteiger partial charge < -0.3 is 19.7 Å². The summed E-state index contributed by atoms with van der Waals surface area (Å²) in [5.41, 5.74) is 0.799. The fraction of sp³-hybridized carbons (Fsp3) is 0.385. The number of hydrogen-bond acceptors (Lipinski definition) is 6. The van der Waals surface area contributed by atoms with E-state index in [2.05, 4.69) is 15.2 Å². The first-order chi connectivity index (χ1) is 17.3. The highest BCUT2D eigenvalue weighted by molar-refractivity contribution is 6.10. The van der Waals surface area contributed by atoms with Gasteiger partial charge in [-0.25, -0.2) is 4.79 Å². The second kappa shape index (κ2) is 9.27. The first-order valence-corrected chi connectivity index (χ1v) is 12.1. The summed E-state index contributed by atoms with van der Waals surface area (Å²) in [4.78, 5) is 49.1. The summed E-state index contributed by atoms with van der Waals surface area (Å²) in [6, 6.07) is 9.67. The zero-order valence-electron chi connectivity index (χ0n) is 21.1. The molecule has 1 saturated heterocycles. The number of aromatic nitrogens is 4. The topological polar surface area (TPSA) is 97.4 Å². The lowest BCUT2D eigenvalue weighted by Crippen LogP contribution is -2.40. The molecule has 0 bridgehead atoms. The van der Waals surface area contributed by atoms with Gasteiger partial charge in [-0.2, -0.15) is 0 Å². The first kappa shape index (κ1) is 23.8. The zero-order chi connectivity index (χ0) is 25.6. The van der Waals surface area contributed by atoms with Crippen LogP contribution in [-0.4, -0.2) is 69.8 Å². The molecule has 0 spiro atoms. The molecule has 188 valence electrons. The molecule has 3 aromatic heterocycles. The maximum absolute atomic E-state index is 13.9. The van der Waals surface area contributed by atoms with Crippen LogP contribution in [0.5, 0.6) is 0 Å². The number of hydrogen-bond donors (Lipinski definition) is 1. The van der Waals surface area contributed by atoms with Gasteiger partial charge >= 0.3 is 5.69 Å². The molecule has 10 nitrogen and oxygen atoms in total. The molecule has 0 radical (unpaired) electrons. The molecule has 1 aliphatic rings. The normalized spacial score (nSPS) is 14.4. The van der Waals surface area contributed by atoms with Crippen LogP contribution >= 0.6 is 0 Å². The van der Waals surface area contributed by atoms with E-state index in [1.54, 1.807) is 39.0 Å². The van der Waals surface area contributed by atoms with Gasteiger partial charge in [-0.3, -0.25) is 23.7 Å². The lowest BCUT2D eigenvalue weighted by molar-refractivity contribution is 0.0829. The van der Waals surface area contributed by atoms with Crippen molar-refractivity contribution in [2.45, 2.75) is 13.0 Å². The lowest BCUT2D eigenvalue weighted by Gasteiger charge is -2.25. The molecular formula is C26H31N7O3. The number of rotatable bonds is 4. The number of amides is 1. The van der Waals surface area contributed by atoms with Crippen molar-refractivity contribution in [2.24, 2.45) is 14.1 Å². The quantitative estimate of drug-likeness (QED) is 0.462. The third-order valence-electron chi connectivity index (χ3n) is 6.96. The van der Waals surface area contributed by atoms with Crippen LogP contribution in [0.3, 0.4) is 0 Å². The third kappa shape index (κ3) is 3.78. The minimum atomic E-state index is -0.482. The summed E-state index contributed by atoms with van der Waals surface area (Å²) >= 11 is 0. The van der Waals surface area contributed by atoms with Crippen LogP contribution in [0.4, 0.5) is 5.82 Å². The Labute approximate surface area is 208 Å². The van der Waals surface area contributed by atoms with E-state index < -0.39 is 11.2 Å². The average Bonchev–Trinajstić information content (AvgIpc) is 3.01. The highest BCUT2D eigenvalue weighted by Crippen LogP contribution is 2.31. The van der Waals surface area contributed by atoms with Crippen molar-refractivity contribution in [3.8, 4) is 0 Å². The predicted molar refractivity (Wildman–Crippen MR) is 141 cm³/mol. The first-order valence-electron chi connectivity index (χ1n) is 12.1. The second-order valence-corrected chi connectivity index (χ2v) is 9.46. The molecule has 1 fully saturated rings. The van der Waals surface area contributed by atoms with E-state index in [1.807, 2.05) is 30.3 Å². The largest absolute Gasteiger partial charge is 0.356 e. The number of pyridine rings is 1. The van der Waals surface area contributed by atoms with Crippen LogP contribution in [0, 0.1) is 0 Å². The fourth-order valence-electron chi connectivity index (χ4n) is 5.17. The van der Waals surface area contributed by atoms with Crippen molar-refractivity contribution >= 4 is 33.5 Å². The highest BCUT2D eigenvalue weighted by atomic mass is 16.2. The molecule has 1 amide bonds. The maximum atomic E-state index is 13.9. The molecular weight excluding hydrogens is 458 g/mol. The molecule has 0 saturated carbocycles. The third-order valence-corrected chi connectivity index (χ3v) is 6.96. The maximum Gasteiger partial charge on any atom is 0.331 e. The molecule has 1 N–H and O–H groups in total. The van der Waals surface area contributed by atoms with Crippen molar-refractivity contribution in [1.82, 2.24) is 28.9 Å². The van der Waals surface area contributed by atoms with Gasteiger partial charge in [0, 0.05) is 59.4 Å². The molecule has 0 atom stereocenters. The molecule has 0 aliphatic carbocycles. The van der Waals surface area contributed by atoms with Gasteiger partial charge in [0.2, 0.25) is 0 Å². The van der Waals surface area contributed by atoms with Crippen LogP contribution in [0.1, 0.15) is 22.5 Å². The number of fused-ring (bicyclic) bond motifs is 2. The summed E-state index contributed by atoms with van der Waals surface area (Å²) in [6.07, 6.45) is 2.60. The van der Waals surface area contributed by atoms with Crippen molar-refractivity contribution in [3.63, 3.8) is 0 Å². The van der Waals surface area contributed by atoms with Crippen LogP contribution in [-0.2, 0) is 20.6 Å². The highest BCUT2D eigenvalue weighted by Gasteiger charge is 2.31. The van der Waals surface area contributed by atoms with Crippen LogP contribution < -0.4 is 21.5 Å². The zero-order valence-corrected chi connectivity index (χ0v) is 21.1. The Kier molecular flexibility index (Phi) is 6.13. The predicted octanol–water partition coefficient (Wildman–Crippen LogP) is 1.14. The van der Waals surface area contributed by atoms with E-state index in [4.69, 9.17) is 0 Å². The van der Waals surface area contributed by atoms with E-state index in [-0.39, 0.29) is 12.5 Å². The lowest BCUT2D eigenvalue weighted by atomic mass is 10.1. The van der Waals surface area contributed by atoms with Crippen molar-refractivity contribution in [3.05, 3.63) is 68.6 Å². The van der Waals surface area contributed by atoms with Gasteiger partial charge in [-0.1, -0.05) is 24.3 Å². The Morgan fingerprint density at radius 3 is 2.58 bits per heavy atom. The molecule has 10 heteroatoms. The summed E-state index contributed by atoms with van der Waals surface area (Å²) in [5, 5.41) is 5.26. The van der Waals surface area contributed by atoms with Gasteiger partial charge in [0.1, 0.15) is 16.9 Å². The van der Waals surface area contributed by atoms with Gasteiger partial charge in [-0.05, 0) is 24.4 Å². The number of aryl methyl sites for hydroxylation is 2. The van der Waals surface area contributed by atoms with E-state index >= 15 is 0 Å². The Balaban J connectivity index is 1.78. The minimum Gasteiger partial charge on any atom is -0.356 e. The van der Waals surface area contributed by atoms with E-state index in [1.165, 1.54) is 14.0 Å². The summed E-state index contributed by atoms with van der Waals surface area (Å²) in [5.74, 6) is 0.427.